The molecule has 3 aromatic heterocycles. The number of amides is 1. The number of ether oxygens (including phenoxy) is 1. The zero-order chi connectivity index (χ0) is 20.9. The van der Waals surface area contributed by atoms with Crippen LogP contribution in [0.1, 0.15) is 27.0 Å². The summed E-state index contributed by atoms with van der Waals surface area (Å²) in [6.07, 6.45) is 3.91. The molecule has 0 fully saturated rings. The Kier molecular flexibility index (Phi) is 6.11. The maximum Gasteiger partial charge on any atom is 0.251 e. The molecule has 7 heteroatoms. The Hall–Kier alpha value is -3.16. The third-order valence-corrected chi connectivity index (χ3v) is 5.84. The standard InChI is InChI=1S/C23H24N4O2S/c1-26(2)20(21-6-5-13-30-21)14-24-23(28)17-8-10-19(11-9-17)29-16-18-15-27-12-4-3-7-22(27)25-18/h3-13,15,20H,14,16H2,1-2H3,(H,24,28)/t20-/m0/s1. The van der Waals surface area contributed by atoms with Crippen molar-refractivity contribution in [1.82, 2.24) is 19.6 Å². The minimum Gasteiger partial charge on any atom is -0.487 e. The van der Waals surface area contributed by atoms with Crippen molar-refractivity contribution in [3.05, 3.63) is 88.5 Å². The van der Waals surface area contributed by atoms with Crippen LogP contribution in [0.4, 0.5) is 0 Å². The summed E-state index contributed by atoms with van der Waals surface area (Å²) in [6, 6.07) is 17.3. The molecule has 1 atom stereocenters. The normalized spacial score (nSPS) is 12.2. The second-order valence-electron chi connectivity index (χ2n) is 7.22. The smallest absolute Gasteiger partial charge is 0.251 e. The topological polar surface area (TPSA) is 58.9 Å². The number of nitrogens with zero attached hydrogens (tertiary/aromatic N) is 3. The zero-order valence-corrected chi connectivity index (χ0v) is 17.8. The van der Waals surface area contributed by atoms with Gasteiger partial charge in [-0.3, -0.25) is 4.79 Å². The van der Waals surface area contributed by atoms with Gasteiger partial charge in [-0.25, -0.2) is 4.98 Å². The average Bonchev–Trinajstić information content (AvgIpc) is 3.42. The van der Waals surface area contributed by atoms with Crippen molar-refractivity contribution in [1.29, 1.82) is 0 Å². The van der Waals surface area contributed by atoms with Gasteiger partial charge in [0.1, 0.15) is 18.0 Å². The highest BCUT2D eigenvalue weighted by atomic mass is 32.1. The summed E-state index contributed by atoms with van der Waals surface area (Å²) in [5, 5.41) is 5.09. The minimum absolute atomic E-state index is 0.0923. The first kappa shape index (κ1) is 20.1. The molecule has 0 saturated heterocycles. The van der Waals surface area contributed by atoms with Crippen LogP contribution >= 0.6 is 11.3 Å². The Balaban J connectivity index is 1.32. The number of thiophene rings is 1. The Bertz CT molecular complexity index is 1070. The van der Waals surface area contributed by atoms with E-state index >= 15 is 0 Å². The first-order chi connectivity index (χ1) is 14.6. The summed E-state index contributed by atoms with van der Waals surface area (Å²) in [4.78, 5) is 20.4. The number of nitrogens with one attached hydrogen (secondary N) is 1. The lowest BCUT2D eigenvalue weighted by Gasteiger charge is -2.23. The molecular formula is C23H24N4O2S. The van der Waals surface area contributed by atoms with Gasteiger partial charge in [-0.15, -0.1) is 11.3 Å². The van der Waals surface area contributed by atoms with E-state index in [1.807, 2.05) is 67.3 Å². The fourth-order valence-corrected chi connectivity index (χ4v) is 4.15. The number of carbonyl (C=O) groups excluding carboxylic acids is 1. The van der Waals surface area contributed by atoms with E-state index in [-0.39, 0.29) is 11.9 Å². The highest BCUT2D eigenvalue weighted by molar-refractivity contribution is 7.10. The molecule has 0 aliphatic heterocycles. The van der Waals surface area contributed by atoms with Gasteiger partial charge in [-0.2, -0.15) is 0 Å². The molecule has 1 aromatic carbocycles. The summed E-state index contributed by atoms with van der Waals surface area (Å²) in [5.74, 6) is 0.610. The highest BCUT2D eigenvalue weighted by Gasteiger charge is 2.16. The molecule has 0 aliphatic rings. The number of rotatable bonds is 8. The van der Waals surface area contributed by atoms with Crippen LogP contribution in [0, 0.1) is 0 Å². The van der Waals surface area contributed by atoms with E-state index < -0.39 is 0 Å². The van der Waals surface area contributed by atoms with E-state index in [0.717, 1.165) is 11.3 Å². The number of aromatic nitrogens is 2. The quantitative estimate of drug-likeness (QED) is 0.468. The Morgan fingerprint density at radius 2 is 2.00 bits per heavy atom. The molecule has 1 amide bonds. The third kappa shape index (κ3) is 4.69. The molecule has 154 valence electrons. The lowest BCUT2D eigenvalue weighted by Crippen LogP contribution is -2.34. The lowest BCUT2D eigenvalue weighted by atomic mass is 10.2. The maximum atomic E-state index is 12.6. The van der Waals surface area contributed by atoms with E-state index in [1.54, 1.807) is 23.5 Å². The van der Waals surface area contributed by atoms with Crippen molar-refractivity contribution in [3.8, 4) is 5.75 Å². The molecule has 4 rings (SSSR count). The van der Waals surface area contributed by atoms with E-state index in [2.05, 4.69) is 26.6 Å². The van der Waals surface area contributed by atoms with Crippen molar-refractivity contribution in [2.45, 2.75) is 12.6 Å². The first-order valence-electron chi connectivity index (χ1n) is 9.73. The van der Waals surface area contributed by atoms with Crippen LogP contribution < -0.4 is 10.1 Å². The molecule has 0 bridgehead atoms. The number of pyridine rings is 1. The summed E-state index contributed by atoms with van der Waals surface area (Å²) in [6.45, 7) is 0.928. The van der Waals surface area contributed by atoms with Gasteiger partial charge in [0.05, 0.1) is 11.7 Å². The largest absolute Gasteiger partial charge is 0.487 e. The third-order valence-electron chi connectivity index (χ3n) is 4.87. The van der Waals surface area contributed by atoms with Crippen LogP contribution in [0.5, 0.6) is 5.75 Å². The van der Waals surface area contributed by atoms with Gasteiger partial charge >= 0.3 is 0 Å². The van der Waals surface area contributed by atoms with Crippen molar-refractivity contribution in [2.75, 3.05) is 20.6 Å². The Morgan fingerprint density at radius 1 is 1.17 bits per heavy atom. The number of benzene rings is 1. The molecule has 6 nitrogen and oxygen atoms in total. The molecule has 0 radical (unpaired) electrons. The van der Waals surface area contributed by atoms with Crippen molar-refractivity contribution in [2.24, 2.45) is 0 Å². The van der Waals surface area contributed by atoms with Gasteiger partial charge in [-0.1, -0.05) is 12.1 Å². The van der Waals surface area contributed by atoms with Crippen LogP contribution in [-0.2, 0) is 6.61 Å². The molecule has 4 aromatic rings. The highest BCUT2D eigenvalue weighted by Crippen LogP contribution is 2.22. The monoisotopic (exact) mass is 420 g/mol. The van der Waals surface area contributed by atoms with Crippen LogP contribution in [0.25, 0.3) is 5.65 Å². The summed E-state index contributed by atoms with van der Waals surface area (Å²) < 4.78 is 7.78. The van der Waals surface area contributed by atoms with E-state index in [9.17, 15) is 4.79 Å². The van der Waals surface area contributed by atoms with Gasteiger partial charge in [0, 0.05) is 29.4 Å². The summed E-state index contributed by atoms with van der Waals surface area (Å²) in [7, 11) is 4.04. The first-order valence-corrected chi connectivity index (χ1v) is 10.6. The molecule has 1 N–H and O–H groups in total. The predicted octanol–water partition coefficient (Wildman–Crippen LogP) is 4.01. The van der Waals surface area contributed by atoms with Gasteiger partial charge in [0.25, 0.3) is 5.91 Å². The minimum atomic E-state index is -0.0923. The summed E-state index contributed by atoms with van der Waals surface area (Å²) in [5.41, 5.74) is 2.35. The molecule has 0 unspecified atom stereocenters. The van der Waals surface area contributed by atoms with Gasteiger partial charge in [0.15, 0.2) is 0 Å². The second-order valence-corrected chi connectivity index (χ2v) is 8.20. The second kappa shape index (κ2) is 9.11. The Labute approximate surface area is 179 Å². The number of likely N-dealkylation sites (N-methyl/N-ethyl adjacent to an activating group) is 1. The average molecular weight is 421 g/mol. The zero-order valence-electron chi connectivity index (χ0n) is 17.0. The van der Waals surface area contributed by atoms with Gasteiger partial charge in [0.2, 0.25) is 0 Å². The van der Waals surface area contributed by atoms with E-state index in [4.69, 9.17) is 4.74 Å². The Morgan fingerprint density at radius 3 is 2.70 bits per heavy atom. The van der Waals surface area contributed by atoms with Gasteiger partial charge in [-0.05, 0) is 61.9 Å². The number of hydrogen-bond donors (Lipinski definition) is 1. The molecule has 0 spiro atoms. The maximum absolute atomic E-state index is 12.6. The van der Waals surface area contributed by atoms with E-state index in [1.165, 1.54) is 4.88 Å². The molecule has 0 aliphatic carbocycles. The number of carbonyl (C=O) groups is 1. The predicted molar refractivity (Wildman–Crippen MR) is 119 cm³/mol. The van der Waals surface area contributed by atoms with Crippen LogP contribution in [0.15, 0.2) is 72.4 Å². The van der Waals surface area contributed by atoms with Crippen molar-refractivity contribution < 1.29 is 9.53 Å². The lowest BCUT2D eigenvalue weighted by molar-refractivity contribution is 0.0942. The molecule has 30 heavy (non-hydrogen) atoms. The number of imidazole rings is 1. The van der Waals surface area contributed by atoms with Crippen molar-refractivity contribution in [3.63, 3.8) is 0 Å². The van der Waals surface area contributed by atoms with Gasteiger partial charge < -0.3 is 19.4 Å². The van der Waals surface area contributed by atoms with Crippen LogP contribution in [-0.4, -0.2) is 40.8 Å². The fraction of sp³-hybridized carbons (Fsp3) is 0.217. The number of fused-ring (bicyclic) bond motifs is 1. The summed E-state index contributed by atoms with van der Waals surface area (Å²) >= 11 is 1.70. The molecular weight excluding hydrogens is 396 g/mol. The van der Waals surface area contributed by atoms with Crippen LogP contribution in [0.3, 0.4) is 0 Å². The molecule has 0 saturated carbocycles. The molecule has 3 heterocycles. The van der Waals surface area contributed by atoms with Crippen molar-refractivity contribution >= 4 is 22.9 Å². The van der Waals surface area contributed by atoms with E-state index in [0.29, 0.717) is 24.5 Å². The van der Waals surface area contributed by atoms with Crippen LogP contribution in [0.2, 0.25) is 0 Å². The number of hydrogen-bond acceptors (Lipinski definition) is 5. The fourth-order valence-electron chi connectivity index (χ4n) is 3.23. The SMILES string of the molecule is CN(C)[C@@H](CNC(=O)c1ccc(OCc2cn3ccccc3n2)cc1)c1cccs1.